The van der Waals surface area contributed by atoms with Gasteiger partial charge in [-0.2, -0.15) is 0 Å². The quantitative estimate of drug-likeness (QED) is 0.315. The Hall–Kier alpha value is -2.73. The molecule has 0 spiro atoms. The molecule has 0 saturated heterocycles. The predicted octanol–water partition coefficient (Wildman–Crippen LogP) is 6.50. The van der Waals surface area contributed by atoms with E-state index in [0.717, 1.165) is 11.1 Å². The molecular weight excluding hydrogens is 519 g/mol. The molecule has 0 radical (unpaired) electrons. The van der Waals surface area contributed by atoms with Gasteiger partial charge in [-0.25, -0.2) is 0 Å². The summed E-state index contributed by atoms with van der Waals surface area (Å²) < 4.78 is 5.80. The Balaban J connectivity index is 1.94. The van der Waals surface area contributed by atoms with Crippen molar-refractivity contribution in [3.05, 3.63) is 98.5 Å². The van der Waals surface area contributed by atoms with Crippen LogP contribution in [0.1, 0.15) is 30.5 Å². The van der Waals surface area contributed by atoms with E-state index in [4.69, 9.17) is 39.5 Å². The zero-order chi connectivity index (χ0) is 26.2. The average Bonchev–Trinajstić information content (AvgIpc) is 2.83. The van der Waals surface area contributed by atoms with Crippen molar-refractivity contribution in [3.63, 3.8) is 0 Å². The summed E-state index contributed by atoms with van der Waals surface area (Å²) in [5, 5.41) is 4.47. The molecule has 3 rings (SSSR count). The molecule has 0 saturated carbocycles. The minimum atomic E-state index is -0.787. The van der Waals surface area contributed by atoms with Gasteiger partial charge in [0.1, 0.15) is 11.8 Å². The third kappa shape index (κ3) is 7.89. The highest BCUT2D eigenvalue weighted by molar-refractivity contribution is 6.35. The Labute approximate surface area is 227 Å². The molecule has 0 fully saturated rings. The number of halogens is 3. The summed E-state index contributed by atoms with van der Waals surface area (Å²) in [6, 6.07) is 19.0. The summed E-state index contributed by atoms with van der Waals surface area (Å²) in [4.78, 5) is 28.5. The second-order valence-corrected chi connectivity index (χ2v) is 10.1. The molecule has 0 aromatic heterocycles. The lowest BCUT2D eigenvalue weighted by atomic mass is 10.0. The molecule has 0 unspecified atom stereocenters. The van der Waals surface area contributed by atoms with Crippen LogP contribution in [-0.2, 0) is 22.6 Å². The number of hydrogen-bond donors (Lipinski definition) is 1. The van der Waals surface area contributed by atoms with E-state index in [1.54, 1.807) is 36.4 Å². The number of rotatable bonds is 10. The van der Waals surface area contributed by atoms with Crippen molar-refractivity contribution in [1.29, 1.82) is 0 Å². The molecular formula is C28H29Cl3N2O3. The number of ether oxygens (including phenoxy) is 1. The number of aryl methyl sites for hydroxylation is 1. The number of hydrogen-bond acceptors (Lipinski definition) is 3. The lowest BCUT2D eigenvalue weighted by molar-refractivity contribution is -0.143. The lowest BCUT2D eigenvalue weighted by Gasteiger charge is -2.32. The highest BCUT2D eigenvalue weighted by Crippen LogP contribution is 2.25. The number of carbonyl (C=O) groups excluding carboxylic acids is 2. The van der Waals surface area contributed by atoms with Gasteiger partial charge in [0.2, 0.25) is 5.91 Å². The van der Waals surface area contributed by atoms with Gasteiger partial charge in [0, 0.05) is 34.1 Å². The first kappa shape index (κ1) is 27.9. The largest absolute Gasteiger partial charge is 0.484 e. The second-order valence-electron chi connectivity index (χ2n) is 8.83. The van der Waals surface area contributed by atoms with Crippen molar-refractivity contribution in [1.82, 2.24) is 10.2 Å². The van der Waals surface area contributed by atoms with Crippen LogP contribution in [0.4, 0.5) is 0 Å². The Morgan fingerprint density at radius 3 is 2.31 bits per heavy atom. The summed E-state index contributed by atoms with van der Waals surface area (Å²) in [6.45, 7) is 5.47. The van der Waals surface area contributed by atoms with E-state index in [9.17, 15) is 9.59 Å². The molecule has 1 N–H and O–H groups in total. The van der Waals surface area contributed by atoms with Crippen LogP contribution in [0.25, 0.3) is 0 Å². The fraction of sp³-hybridized carbons (Fsp3) is 0.286. The molecule has 190 valence electrons. The van der Waals surface area contributed by atoms with Crippen LogP contribution < -0.4 is 10.1 Å². The number of benzene rings is 3. The van der Waals surface area contributed by atoms with E-state index in [2.05, 4.69) is 5.32 Å². The molecule has 2 amide bonds. The van der Waals surface area contributed by atoms with E-state index < -0.39 is 6.04 Å². The first-order valence-corrected chi connectivity index (χ1v) is 12.7. The van der Waals surface area contributed by atoms with Crippen molar-refractivity contribution in [3.8, 4) is 5.75 Å². The highest BCUT2D eigenvalue weighted by atomic mass is 35.5. The van der Waals surface area contributed by atoms with Crippen LogP contribution in [0.5, 0.6) is 5.75 Å². The van der Waals surface area contributed by atoms with Crippen molar-refractivity contribution in [2.75, 3.05) is 6.61 Å². The minimum absolute atomic E-state index is 0.0971. The number of nitrogens with zero attached hydrogens (tertiary/aromatic N) is 1. The predicted molar refractivity (Wildman–Crippen MR) is 146 cm³/mol. The molecule has 0 aliphatic heterocycles. The van der Waals surface area contributed by atoms with Crippen molar-refractivity contribution in [2.45, 2.75) is 45.8 Å². The Kier molecular flexibility index (Phi) is 10.1. The SMILES string of the molecule is Cc1cc(OCC(=O)N(Cc2ccc(Cl)cc2Cl)[C@H](Cc2ccccc2)C(=O)NC(C)C)ccc1Cl. The monoisotopic (exact) mass is 546 g/mol. The number of amides is 2. The van der Waals surface area contributed by atoms with Gasteiger partial charge in [0.25, 0.3) is 5.91 Å². The van der Waals surface area contributed by atoms with Crippen LogP contribution >= 0.6 is 34.8 Å². The van der Waals surface area contributed by atoms with E-state index in [-0.39, 0.29) is 31.0 Å². The number of nitrogens with one attached hydrogen (secondary N) is 1. The Bertz CT molecular complexity index is 1200. The van der Waals surface area contributed by atoms with E-state index in [1.807, 2.05) is 51.1 Å². The summed E-state index contributed by atoms with van der Waals surface area (Å²) in [7, 11) is 0. The first-order valence-electron chi connectivity index (χ1n) is 11.6. The lowest BCUT2D eigenvalue weighted by Crippen LogP contribution is -2.52. The molecule has 0 bridgehead atoms. The molecule has 36 heavy (non-hydrogen) atoms. The van der Waals surface area contributed by atoms with Gasteiger partial charge >= 0.3 is 0 Å². The van der Waals surface area contributed by atoms with E-state index in [0.29, 0.717) is 32.8 Å². The zero-order valence-electron chi connectivity index (χ0n) is 20.4. The van der Waals surface area contributed by atoms with Crippen LogP contribution in [0.15, 0.2) is 66.7 Å². The normalized spacial score (nSPS) is 11.8. The smallest absolute Gasteiger partial charge is 0.261 e. The van der Waals surface area contributed by atoms with Crippen molar-refractivity contribution < 1.29 is 14.3 Å². The minimum Gasteiger partial charge on any atom is -0.484 e. The van der Waals surface area contributed by atoms with Gasteiger partial charge < -0.3 is 15.0 Å². The number of carbonyl (C=O) groups is 2. The van der Waals surface area contributed by atoms with Gasteiger partial charge in [-0.05, 0) is 67.8 Å². The summed E-state index contributed by atoms with van der Waals surface area (Å²) in [5.41, 5.74) is 2.44. The van der Waals surface area contributed by atoms with Crippen molar-refractivity contribution in [2.24, 2.45) is 0 Å². The Morgan fingerprint density at radius 1 is 0.944 bits per heavy atom. The second kappa shape index (κ2) is 13.0. The van der Waals surface area contributed by atoms with Crippen molar-refractivity contribution >= 4 is 46.6 Å². The van der Waals surface area contributed by atoms with Crippen LogP contribution in [0, 0.1) is 6.92 Å². The molecule has 5 nitrogen and oxygen atoms in total. The molecule has 3 aromatic carbocycles. The molecule has 8 heteroatoms. The summed E-state index contributed by atoms with van der Waals surface area (Å²) >= 11 is 18.6. The van der Waals surface area contributed by atoms with Gasteiger partial charge in [-0.15, -0.1) is 0 Å². The molecule has 3 aromatic rings. The maximum Gasteiger partial charge on any atom is 0.261 e. The first-order chi connectivity index (χ1) is 17.1. The Morgan fingerprint density at radius 2 is 1.67 bits per heavy atom. The van der Waals surface area contributed by atoms with Gasteiger partial charge in [-0.1, -0.05) is 71.2 Å². The summed E-state index contributed by atoms with van der Waals surface area (Å²) in [5.74, 6) is -0.0935. The third-order valence-corrected chi connectivity index (χ3v) is 6.56. The molecule has 0 aliphatic carbocycles. The topological polar surface area (TPSA) is 58.6 Å². The maximum atomic E-state index is 13.6. The van der Waals surface area contributed by atoms with E-state index in [1.165, 1.54) is 4.90 Å². The molecule has 1 atom stereocenters. The summed E-state index contributed by atoms with van der Waals surface area (Å²) in [6.07, 6.45) is 0.330. The van der Waals surface area contributed by atoms with Gasteiger partial charge in [0.15, 0.2) is 6.61 Å². The van der Waals surface area contributed by atoms with Crippen LogP contribution in [0.2, 0.25) is 15.1 Å². The van der Waals surface area contributed by atoms with Gasteiger partial charge in [-0.3, -0.25) is 9.59 Å². The molecule has 0 aliphatic rings. The fourth-order valence-corrected chi connectivity index (χ4v) is 4.29. The van der Waals surface area contributed by atoms with E-state index >= 15 is 0 Å². The van der Waals surface area contributed by atoms with Crippen LogP contribution in [-0.4, -0.2) is 35.4 Å². The zero-order valence-corrected chi connectivity index (χ0v) is 22.7. The van der Waals surface area contributed by atoms with Gasteiger partial charge in [0.05, 0.1) is 0 Å². The average molecular weight is 548 g/mol. The fourth-order valence-electron chi connectivity index (χ4n) is 3.70. The van der Waals surface area contributed by atoms with Crippen LogP contribution in [0.3, 0.4) is 0 Å². The maximum absolute atomic E-state index is 13.6. The standard InChI is InChI=1S/C28H29Cl3N2O3/c1-18(2)32-28(35)26(14-20-7-5-4-6-8-20)33(16-21-9-10-22(29)15-25(21)31)27(34)17-36-23-11-12-24(30)19(3)13-23/h4-13,15,18,26H,14,16-17H2,1-3H3,(H,32,35)/t26-/m1/s1. The third-order valence-electron chi connectivity index (χ3n) is 5.55. The molecule has 0 heterocycles. The highest BCUT2D eigenvalue weighted by Gasteiger charge is 2.31.